The van der Waals surface area contributed by atoms with Crippen molar-refractivity contribution >= 4 is 30.1 Å². The number of ether oxygens (including phenoxy) is 2. The Hall–Kier alpha value is -2.20. The van der Waals surface area contributed by atoms with Crippen LogP contribution < -0.4 is 14.8 Å². The van der Waals surface area contributed by atoms with E-state index in [0.29, 0.717) is 0 Å². The van der Waals surface area contributed by atoms with Crippen LogP contribution in [0.4, 0.5) is 11.4 Å². The summed E-state index contributed by atoms with van der Waals surface area (Å²) in [6.07, 6.45) is 1.66. The molecule has 0 heterocycles. The van der Waals surface area contributed by atoms with Crippen molar-refractivity contribution in [2.24, 2.45) is 4.99 Å². The van der Waals surface area contributed by atoms with Crippen LogP contribution in [0, 0.1) is 0 Å². The van der Waals surface area contributed by atoms with Gasteiger partial charge in [-0.3, -0.25) is 0 Å². The molecule has 0 aliphatic heterocycles. The summed E-state index contributed by atoms with van der Waals surface area (Å²) in [6, 6.07) is 15.2. The summed E-state index contributed by atoms with van der Waals surface area (Å²) in [6.45, 7) is 0. The highest BCUT2D eigenvalue weighted by Crippen LogP contribution is 2.17. The van der Waals surface area contributed by atoms with Gasteiger partial charge in [0.15, 0.2) is 0 Å². The molecule has 0 aliphatic carbocycles. The van der Waals surface area contributed by atoms with E-state index in [2.05, 4.69) is 10.3 Å². The Balaban J connectivity index is 0.00000200. The van der Waals surface area contributed by atoms with Crippen molar-refractivity contribution in [3.63, 3.8) is 0 Å². The van der Waals surface area contributed by atoms with E-state index in [-0.39, 0.29) is 12.4 Å². The minimum Gasteiger partial charge on any atom is -0.497 e. The van der Waals surface area contributed by atoms with Crippen LogP contribution in [0.3, 0.4) is 0 Å². The largest absolute Gasteiger partial charge is 0.497 e. The lowest BCUT2D eigenvalue weighted by Crippen LogP contribution is -1.94. The minimum absolute atomic E-state index is 0. The van der Waals surface area contributed by atoms with E-state index < -0.39 is 0 Å². The minimum atomic E-state index is 0. The van der Waals surface area contributed by atoms with Crippen LogP contribution in [-0.2, 0) is 0 Å². The Kier molecular flexibility index (Phi) is 6.40. The number of benzene rings is 2. The van der Waals surface area contributed by atoms with Gasteiger partial charge < -0.3 is 14.8 Å². The third-order valence-electron chi connectivity index (χ3n) is 2.61. The van der Waals surface area contributed by atoms with Crippen LogP contribution in [0.5, 0.6) is 11.5 Å². The lowest BCUT2D eigenvalue weighted by Gasteiger charge is -2.02. The molecular weight excluding hydrogens is 276 g/mol. The van der Waals surface area contributed by atoms with Crippen LogP contribution in [0.15, 0.2) is 53.5 Å². The Morgan fingerprint density at radius 3 is 1.85 bits per heavy atom. The molecule has 1 N–H and O–H groups in total. The van der Waals surface area contributed by atoms with Crippen LogP contribution >= 0.6 is 12.4 Å². The number of nitrogens with zero attached hydrogens (tertiary/aromatic N) is 1. The highest BCUT2D eigenvalue weighted by atomic mass is 35.5. The third kappa shape index (κ3) is 4.48. The van der Waals surface area contributed by atoms with E-state index in [1.54, 1.807) is 20.6 Å². The topological polar surface area (TPSA) is 42.8 Å². The van der Waals surface area contributed by atoms with Gasteiger partial charge in [-0.25, -0.2) is 4.99 Å². The zero-order valence-electron chi connectivity index (χ0n) is 11.4. The van der Waals surface area contributed by atoms with E-state index >= 15 is 0 Å². The number of methoxy groups -OCH3 is 2. The highest BCUT2D eigenvalue weighted by Gasteiger charge is 1.92. The predicted octanol–water partition coefficient (Wildman–Crippen LogP) is 3.90. The van der Waals surface area contributed by atoms with Gasteiger partial charge in [0, 0.05) is 5.69 Å². The number of nitrogens with one attached hydrogen (secondary N) is 1. The summed E-state index contributed by atoms with van der Waals surface area (Å²) in [4.78, 5) is 4.30. The first-order valence-corrected chi connectivity index (χ1v) is 5.89. The normalized spacial score (nSPS) is 9.90. The molecule has 106 valence electrons. The van der Waals surface area contributed by atoms with Gasteiger partial charge in [-0.2, -0.15) is 0 Å². The molecule has 0 aliphatic rings. The smallest absolute Gasteiger partial charge is 0.119 e. The number of hydrogen-bond acceptors (Lipinski definition) is 3. The van der Waals surface area contributed by atoms with Crippen molar-refractivity contribution in [1.29, 1.82) is 0 Å². The summed E-state index contributed by atoms with van der Waals surface area (Å²) in [5.74, 6) is 1.65. The maximum Gasteiger partial charge on any atom is 0.119 e. The van der Waals surface area contributed by atoms with Gasteiger partial charge in [-0.15, -0.1) is 12.4 Å². The van der Waals surface area contributed by atoms with Gasteiger partial charge in [-0.1, -0.05) is 0 Å². The van der Waals surface area contributed by atoms with Crippen molar-refractivity contribution in [2.45, 2.75) is 0 Å². The second-order valence-corrected chi connectivity index (χ2v) is 3.83. The van der Waals surface area contributed by atoms with Crippen molar-refractivity contribution < 1.29 is 9.47 Å². The van der Waals surface area contributed by atoms with Gasteiger partial charge in [0.05, 0.1) is 26.2 Å². The molecule has 0 amide bonds. The summed E-state index contributed by atoms with van der Waals surface area (Å²) in [5, 5.41) is 3.09. The van der Waals surface area contributed by atoms with Crippen molar-refractivity contribution in [2.75, 3.05) is 19.5 Å². The maximum atomic E-state index is 5.09. The fraction of sp³-hybridized carbons (Fsp3) is 0.133. The molecule has 20 heavy (non-hydrogen) atoms. The Morgan fingerprint density at radius 2 is 1.35 bits per heavy atom. The molecular formula is C15H17ClN2O2. The molecule has 0 bridgehead atoms. The van der Waals surface area contributed by atoms with Crippen molar-refractivity contribution in [1.82, 2.24) is 0 Å². The zero-order chi connectivity index (χ0) is 13.5. The molecule has 0 aromatic heterocycles. The first kappa shape index (κ1) is 15.9. The molecule has 2 rings (SSSR count). The molecule has 0 saturated heterocycles. The average molecular weight is 293 g/mol. The molecule has 0 spiro atoms. The number of rotatable bonds is 5. The molecule has 0 atom stereocenters. The zero-order valence-corrected chi connectivity index (χ0v) is 12.2. The Morgan fingerprint density at radius 1 is 0.850 bits per heavy atom. The average Bonchev–Trinajstić information content (AvgIpc) is 2.49. The summed E-state index contributed by atoms with van der Waals surface area (Å²) >= 11 is 0. The predicted molar refractivity (Wildman–Crippen MR) is 85.0 cm³/mol. The first-order chi connectivity index (χ1) is 9.31. The maximum absolute atomic E-state index is 5.09. The van der Waals surface area contributed by atoms with E-state index in [4.69, 9.17) is 9.47 Å². The number of hydrogen-bond donors (Lipinski definition) is 1. The van der Waals surface area contributed by atoms with E-state index in [1.165, 1.54) is 0 Å². The second-order valence-electron chi connectivity index (χ2n) is 3.83. The lowest BCUT2D eigenvalue weighted by atomic mass is 10.3. The SMILES string of the molecule is COc1ccc(N=CNc2ccc(OC)cc2)cc1.Cl. The Bertz CT molecular complexity index is 539. The number of anilines is 1. The molecule has 2 aromatic carbocycles. The van der Waals surface area contributed by atoms with Crippen molar-refractivity contribution in [3.8, 4) is 11.5 Å². The number of halogens is 1. The quantitative estimate of drug-likeness (QED) is 0.671. The van der Waals surface area contributed by atoms with E-state index in [9.17, 15) is 0 Å². The fourth-order valence-corrected chi connectivity index (χ4v) is 1.54. The second kappa shape index (κ2) is 8.07. The van der Waals surface area contributed by atoms with Gasteiger partial charge in [0.2, 0.25) is 0 Å². The molecule has 4 nitrogen and oxygen atoms in total. The van der Waals surface area contributed by atoms with Gasteiger partial charge in [0.1, 0.15) is 11.5 Å². The molecule has 0 unspecified atom stereocenters. The highest BCUT2D eigenvalue weighted by molar-refractivity contribution is 5.85. The molecule has 0 saturated carbocycles. The first-order valence-electron chi connectivity index (χ1n) is 5.89. The summed E-state index contributed by atoms with van der Waals surface area (Å²) in [7, 11) is 3.29. The molecule has 5 heteroatoms. The van der Waals surface area contributed by atoms with Crippen LogP contribution in [-0.4, -0.2) is 20.6 Å². The van der Waals surface area contributed by atoms with Crippen LogP contribution in [0.1, 0.15) is 0 Å². The third-order valence-corrected chi connectivity index (χ3v) is 2.61. The fourth-order valence-electron chi connectivity index (χ4n) is 1.54. The monoisotopic (exact) mass is 292 g/mol. The van der Waals surface area contributed by atoms with E-state index in [1.807, 2.05) is 48.5 Å². The van der Waals surface area contributed by atoms with Crippen LogP contribution in [0.25, 0.3) is 0 Å². The van der Waals surface area contributed by atoms with Gasteiger partial charge in [-0.05, 0) is 48.5 Å². The van der Waals surface area contributed by atoms with Crippen LogP contribution in [0.2, 0.25) is 0 Å². The number of aliphatic imine (C=N–C) groups is 1. The van der Waals surface area contributed by atoms with Gasteiger partial charge in [0.25, 0.3) is 0 Å². The lowest BCUT2D eigenvalue weighted by molar-refractivity contribution is 0.415. The summed E-state index contributed by atoms with van der Waals surface area (Å²) in [5.41, 5.74) is 1.82. The molecule has 0 radical (unpaired) electrons. The Labute approximate surface area is 124 Å². The van der Waals surface area contributed by atoms with E-state index in [0.717, 1.165) is 22.9 Å². The molecule has 0 fully saturated rings. The van der Waals surface area contributed by atoms with Crippen molar-refractivity contribution in [3.05, 3.63) is 48.5 Å². The molecule has 2 aromatic rings. The summed E-state index contributed by atoms with van der Waals surface area (Å²) < 4.78 is 10.2. The standard InChI is InChI=1S/C15H16N2O2.ClH/c1-18-14-7-3-12(4-8-14)16-11-17-13-5-9-15(19-2)10-6-13;/h3-11H,1-2H3,(H,16,17);1H. The van der Waals surface area contributed by atoms with Gasteiger partial charge >= 0.3 is 0 Å².